The molecule has 1 atom stereocenters. The third-order valence-corrected chi connectivity index (χ3v) is 6.62. The Kier molecular flexibility index (Phi) is 5.88. The van der Waals surface area contributed by atoms with Crippen LogP contribution in [0.1, 0.15) is 18.4 Å². The number of anilines is 1. The molecule has 1 fully saturated rings. The second kappa shape index (κ2) is 8.20. The van der Waals surface area contributed by atoms with Gasteiger partial charge >= 0.3 is 0 Å². The monoisotopic (exact) mass is 420 g/mol. The number of nitrogens with two attached hydrogens (primary N) is 1. The Morgan fingerprint density at radius 3 is 2.52 bits per heavy atom. The number of amides is 1. The lowest BCUT2D eigenvalue weighted by Crippen LogP contribution is -2.42. The molecule has 1 aliphatic rings. The van der Waals surface area contributed by atoms with Crippen LogP contribution in [0.15, 0.2) is 47.4 Å². The third-order valence-electron chi connectivity index (χ3n) is 4.86. The van der Waals surface area contributed by atoms with E-state index in [2.05, 4.69) is 0 Å². The smallest absolute Gasteiger partial charge is 0.266 e. The molecule has 0 spiro atoms. The molecule has 2 N–H and O–H groups in total. The first kappa shape index (κ1) is 20.8. The topological polar surface area (TPSA) is 107 Å². The highest BCUT2D eigenvalue weighted by Gasteiger charge is 2.38. The van der Waals surface area contributed by atoms with E-state index >= 15 is 0 Å². The zero-order valence-corrected chi connectivity index (χ0v) is 16.6. The van der Waals surface area contributed by atoms with Crippen LogP contribution in [-0.2, 0) is 26.0 Å². The lowest BCUT2D eigenvalue weighted by atomic mass is 9.93. The van der Waals surface area contributed by atoms with Crippen molar-refractivity contribution < 1.29 is 27.1 Å². The van der Waals surface area contributed by atoms with Gasteiger partial charge in [0.05, 0.1) is 18.6 Å². The number of ketones is 1. The summed E-state index contributed by atoms with van der Waals surface area (Å²) in [5.41, 5.74) is 6.41. The number of ether oxygens (including phenoxy) is 1. The van der Waals surface area contributed by atoms with Crippen molar-refractivity contribution in [3.8, 4) is 5.75 Å². The second-order valence-electron chi connectivity index (χ2n) is 6.85. The summed E-state index contributed by atoms with van der Waals surface area (Å²) in [6.45, 7) is -0.525. The number of Topliss-reactive ketones (excluding diaryl/α,β-unsaturated/α-hetero) is 1. The molecule has 9 heteroatoms. The number of carbonyl (C=O) groups excluding carboxylic acids is 2. The Hall–Kier alpha value is -2.94. The predicted molar refractivity (Wildman–Crippen MR) is 104 cm³/mol. The molecule has 1 aliphatic heterocycles. The number of hydrogen-bond acceptors (Lipinski definition) is 6. The summed E-state index contributed by atoms with van der Waals surface area (Å²) in [6.07, 6.45) is 0.285. The van der Waals surface area contributed by atoms with Gasteiger partial charge in [-0.1, -0.05) is 0 Å². The van der Waals surface area contributed by atoms with E-state index in [1.54, 1.807) is 0 Å². The molecule has 1 saturated heterocycles. The van der Waals surface area contributed by atoms with Gasteiger partial charge in [-0.25, -0.2) is 17.1 Å². The van der Waals surface area contributed by atoms with Gasteiger partial charge in [0.15, 0.2) is 5.78 Å². The van der Waals surface area contributed by atoms with Gasteiger partial charge in [0, 0.05) is 18.0 Å². The maximum absolute atomic E-state index is 13.7. The van der Waals surface area contributed by atoms with Crippen molar-refractivity contribution in [2.45, 2.75) is 24.2 Å². The normalized spacial score (nSPS) is 17.9. The molecule has 1 amide bonds. The summed E-state index contributed by atoms with van der Waals surface area (Å²) in [6, 6.07) is 9.32. The molecule has 0 bridgehead atoms. The molecule has 0 radical (unpaired) electrons. The minimum Gasteiger partial charge on any atom is -0.496 e. The zero-order valence-electron chi connectivity index (χ0n) is 15.8. The van der Waals surface area contributed by atoms with E-state index < -0.39 is 34.2 Å². The number of sulfonamides is 1. The second-order valence-corrected chi connectivity index (χ2v) is 8.72. The predicted octanol–water partition coefficient (Wildman–Crippen LogP) is 2.16. The van der Waals surface area contributed by atoms with Crippen LogP contribution in [0.25, 0.3) is 0 Å². The number of hydrogen-bond donors (Lipinski definition) is 1. The van der Waals surface area contributed by atoms with Gasteiger partial charge in [0.1, 0.15) is 11.6 Å². The Morgan fingerprint density at radius 1 is 1.17 bits per heavy atom. The Morgan fingerprint density at radius 2 is 1.86 bits per heavy atom. The third kappa shape index (κ3) is 4.40. The summed E-state index contributed by atoms with van der Waals surface area (Å²) in [4.78, 5) is 25.2. The summed E-state index contributed by atoms with van der Waals surface area (Å²) in [5, 5.41) is 0. The highest BCUT2D eigenvalue weighted by Crippen LogP contribution is 2.29. The molecule has 2 aromatic rings. The lowest BCUT2D eigenvalue weighted by molar-refractivity contribution is -0.131. The quantitative estimate of drug-likeness (QED) is 0.743. The standard InChI is InChI=1S/C20H21FN2O5S/c1-28-19-9-3-15(21)11-14(19)10-13-2-6-17(24)12-23(20(13)25)29(26,27)18-7-4-16(22)5-8-18/h3-5,7-9,11,13H,2,6,10,12,22H2,1H3. The van der Waals surface area contributed by atoms with E-state index in [9.17, 15) is 22.4 Å². The molecular weight excluding hydrogens is 399 g/mol. The molecule has 7 nitrogen and oxygen atoms in total. The van der Waals surface area contributed by atoms with E-state index in [1.807, 2.05) is 0 Å². The van der Waals surface area contributed by atoms with Gasteiger partial charge in [-0.15, -0.1) is 0 Å². The fourth-order valence-corrected chi connectivity index (χ4v) is 4.75. The van der Waals surface area contributed by atoms with Crippen LogP contribution in [0, 0.1) is 11.7 Å². The first-order valence-corrected chi connectivity index (χ1v) is 10.4. The average molecular weight is 420 g/mol. The number of halogens is 1. The van der Waals surface area contributed by atoms with Crippen LogP contribution in [-0.4, -0.2) is 38.1 Å². The van der Waals surface area contributed by atoms with Crippen molar-refractivity contribution in [3.05, 3.63) is 53.8 Å². The molecular formula is C20H21FN2O5S. The van der Waals surface area contributed by atoms with E-state index in [0.717, 1.165) is 0 Å². The number of nitrogen functional groups attached to an aromatic ring is 1. The van der Waals surface area contributed by atoms with Crippen LogP contribution >= 0.6 is 0 Å². The van der Waals surface area contributed by atoms with Crippen LogP contribution < -0.4 is 10.5 Å². The van der Waals surface area contributed by atoms with Crippen LogP contribution in [0.5, 0.6) is 5.75 Å². The van der Waals surface area contributed by atoms with Crippen molar-refractivity contribution in [1.29, 1.82) is 0 Å². The van der Waals surface area contributed by atoms with Gasteiger partial charge in [0.2, 0.25) is 5.91 Å². The molecule has 2 aromatic carbocycles. The van der Waals surface area contributed by atoms with Gasteiger partial charge in [-0.2, -0.15) is 0 Å². The molecule has 29 heavy (non-hydrogen) atoms. The van der Waals surface area contributed by atoms with E-state index in [0.29, 0.717) is 21.3 Å². The van der Waals surface area contributed by atoms with Gasteiger partial charge in [-0.05, 0) is 60.9 Å². The number of benzene rings is 2. The van der Waals surface area contributed by atoms with Crippen molar-refractivity contribution >= 4 is 27.4 Å². The summed E-state index contributed by atoms with van der Waals surface area (Å²) >= 11 is 0. The molecule has 0 aliphatic carbocycles. The van der Waals surface area contributed by atoms with Gasteiger partial charge < -0.3 is 10.5 Å². The number of methoxy groups -OCH3 is 1. The van der Waals surface area contributed by atoms with Gasteiger partial charge in [0.25, 0.3) is 10.0 Å². The minimum atomic E-state index is -4.23. The van der Waals surface area contributed by atoms with E-state index in [1.165, 1.54) is 49.6 Å². The largest absolute Gasteiger partial charge is 0.496 e. The molecule has 0 saturated carbocycles. The summed E-state index contributed by atoms with van der Waals surface area (Å²) < 4.78 is 45.5. The maximum atomic E-state index is 13.7. The SMILES string of the molecule is COc1ccc(F)cc1CC1CCC(=O)CN(S(=O)(=O)c2ccc(N)cc2)C1=O. The van der Waals surface area contributed by atoms with Crippen LogP contribution in [0.3, 0.4) is 0 Å². The van der Waals surface area contributed by atoms with Crippen molar-refractivity contribution in [1.82, 2.24) is 4.31 Å². The fraction of sp³-hybridized carbons (Fsp3) is 0.300. The van der Waals surface area contributed by atoms with E-state index in [-0.39, 0.29) is 29.9 Å². The van der Waals surface area contributed by atoms with Crippen molar-refractivity contribution in [2.24, 2.45) is 5.92 Å². The van der Waals surface area contributed by atoms with Crippen molar-refractivity contribution in [3.63, 3.8) is 0 Å². The highest BCUT2D eigenvalue weighted by atomic mass is 32.2. The number of nitrogens with zero attached hydrogens (tertiary/aromatic N) is 1. The number of rotatable bonds is 5. The molecule has 3 rings (SSSR count). The fourth-order valence-electron chi connectivity index (χ4n) is 3.31. The molecule has 1 unspecified atom stereocenters. The zero-order chi connectivity index (χ0) is 21.2. The summed E-state index contributed by atoms with van der Waals surface area (Å²) in [5.74, 6) is -1.96. The van der Waals surface area contributed by atoms with Crippen molar-refractivity contribution in [2.75, 3.05) is 19.4 Å². The molecule has 154 valence electrons. The highest BCUT2D eigenvalue weighted by molar-refractivity contribution is 7.89. The van der Waals surface area contributed by atoms with E-state index in [4.69, 9.17) is 10.5 Å². The minimum absolute atomic E-state index is 0.0564. The van der Waals surface area contributed by atoms with Gasteiger partial charge in [-0.3, -0.25) is 9.59 Å². The Bertz CT molecular complexity index is 1040. The first-order chi connectivity index (χ1) is 13.7. The average Bonchev–Trinajstić information content (AvgIpc) is 2.82. The molecule has 0 aromatic heterocycles. The Balaban J connectivity index is 1.95. The first-order valence-electron chi connectivity index (χ1n) is 8.98. The van der Waals surface area contributed by atoms with Crippen LogP contribution in [0.4, 0.5) is 10.1 Å². The van der Waals surface area contributed by atoms with Crippen LogP contribution in [0.2, 0.25) is 0 Å². The number of carbonyl (C=O) groups is 2. The lowest BCUT2D eigenvalue weighted by Gasteiger charge is -2.24. The maximum Gasteiger partial charge on any atom is 0.266 e. The molecule has 1 heterocycles. The Labute approximate surface area is 168 Å². The summed E-state index contributed by atoms with van der Waals surface area (Å²) in [7, 11) is -2.81.